The van der Waals surface area contributed by atoms with Gasteiger partial charge in [-0.1, -0.05) is 103 Å². The molecule has 220 valence electrons. The third kappa shape index (κ3) is 4.73. The van der Waals surface area contributed by atoms with Crippen LogP contribution in [0, 0.1) is 0 Å². The minimum Gasteiger partial charge on any atom is -0.294 e. The molecule has 0 saturated heterocycles. The Morgan fingerprint density at radius 1 is 0.383 bits per heavy atom. The zero-order valence-electron chi connectivity index (χ0n) is 25.3. The summed E-state index contributed by atoms with van der Waals surface area (Å²) in [5.74, 6) is 0.833. The summed E-state index contributed by atoms with van der Waals surface area (Å²) < 4.78 is 2.19. The molecule has 47 heavy (non-hydrogen) atoms. The van der Waals surface area contributed by atoms with Crippen LogP contribution in [-0.4, -0.2) is 24.5 Å². The lowest BCUT2D eigenvalue weighted by Crippen LogP contribution is -1.99. The molecule has 0 unspecified atom stereocenters. The lowest BCUT2D eigenvalue weighted by atomic mass is 9.97. The van der Waals surface area contributed by atoms with Gasteiger partial charge in [-0.25, -0.2) is 15.0 Å². The normalized spacial score (nSPS) is 11.4. The van der Waals surface area contributed by atoms with Crippen LogP contribution in [0.4, 0.5) is 0 Å². The molecule has 0 radical (unpaired) electrons. The van der Waals surface area contributed by atoms with E-state index in [4.69, 9.17) is 15.0 Å². The highest BCUT2D eigenvalue weighted by Gasteiger charge is 2.14. The third-order valence-corrected chi connectivity index (χ3v) is 8.74. The van der Waals surface area contributed by atoms with Crippen LogP contribution < -0.4 is 0 Å². The van der Waals surface area contributed by atoms with Crippen molar-refractivity contribution in [2.45, 2.75) is 0 Å². The molecule has 0 atom stereocenters. The first-order valence-corrected chi connectivity index (χ1v) is 15.6. The molecule has 9 rings (SSSR count). The standard InChI is InChI=1S/C42H27N5/c1-2-11-31-28(9-1)10-5-13-32(31)29-21-23-30(24-22-29)35-14-6-15-36(44-35)37-16-7-17-38(45-37)39-18-8-20-42(46-39)47-40-19-4-3-12-33(40)34-27-43-26-25-41(34)47/h1-27H. The van der Waals surface area contributed by atoms with E-state index in [2.05, 4.69) is 101 Å². The third-order valence-electron chi connectivity index (χ3n) is 8.74. The highest BCUT2D eigenvalue weighted by Crippen LogP contribution is 2.33. The summed E-state index contributed by atoms with van der Waals surface area (Å²) >= 11 is 0. The number of hydrogen-bond acceptors (Lipinski definition) is 4. The number of fused-ring (bicyclic) bond motifs is 4. The molecule has 0 bridgehead atoms. The molecule has 9 aromatic rings. The van der Waals surface area contributed by atoms with E-state index in [9.17, 15) is 0 Å². The van der Waals surface area contributed by atoms with Gasteiger partial charge in [0.15, 0.2) is 0 Å². The van der Waals surface area contributed by atoms with Gasteiger partial charge < -0.3 is 0 Å². The lowest BCUT2D eigenvalue weighted by molar-refractivity contribution is 1.07. The molecule has 0 amide bonds. The van der Waals surface area contributed by atoms with Gasteiger partial charge in [0.1, 0.15) is 5.82 Å². The average molecular weight is 602 g/mol. The second-order valence-electron chi connectivity index (χ2n) is 11.5. The quantitative estimate of drug-likeness (QED) is 0.197. The van der Waals surface area contributed by atoms with Gasteiger partial charge in [-0.3, -0.25) is 9.55 Å². The fraction of sp³-hybridized carbons (Fsp3) is 0. The number of hydrogen-bond donors (Lipinski definition) is 0. The van der Waals surface area contributed by atoms with E-state index in [1.807, 2.05) is 73.1 Å². The maximum Gasteiger partial charge on any atom is 0.138 e. The summed E-state index contributed by atoms with van der Waals surface area (Å²) in [6.45, 7) is 0. The highest BCUT2D eigenvalue weighted by atomic mass is 15.1. The molecule has 4 aromatic carbocycles. The Kier molecular flexibility index (Phi) is 6.39. The molecule has 0 N–H and O–H groups in total. The van der Waals surface area contributed by atoms with Crippen LogP contribution in [0.25, 0.3) is 83.6 Å². The van der Waals surface area contributed by atoms with Crippen LogP contribution in [0.3, 0.4) is 0 Å². The molecule has 5 nitrogen and oxygen atoms in total. The smallest absolute Gasteiger partial charge is 0.138 e. The summed E-state index contributed by atoms with van der Waals surface area (Å²) in [7, 11) is 0. The number of aromatic nitrogens is 5. The fourth-order valence-electron chi connectivity index (χ4n) is 6.51. The van der Waals surface area contributed by atoms with Crippen LogP contribution in [0.15, 0.2) is 164 Å². The number of nitrogens with zero attached hydrogens (tertiary/aromatic N) is 5. The molecule has 0 aliphatic carbocycles. The maximum atomic E-state index is 5.10. The largest absolute Gasteiger partial charge is 0.294 e. The summed E-state index contributed by atoms with van der Waals surface area (Å²) in [5.41, 5.74) is 9.73. The Labute approximate surface area is 271 Å². The van der Waals surface area contributed by atoms with E-state index in [-0.39, 0.29) is 0 Å². The summed E-state index contributed by atoms with van der Waals surface area (Å²) in [4.78, 5) is 19.5. The van der Waals surface area contributed by atoms with Crippen molar-refractivity contribution < 1.29 is 0 Å². The Morgan fingerprint density at radius 3 is 1.77 bits per heavy atom. The van der Waals surface area contributed by atoms with Gasteiger partial charge in [0.05, 0.1) is 39.5 Å². The van der Waals surface area contributed by atoms with Gasteiger partial charge in [0.25, 0.3) is 0 Å². The molecule has 0 saturated carbocycles. The zero-order valence-corrected chi connectivity index (χ0v) is 25.3. The van der Waals surface area contributed by atoms with Crippen molar-refractivity contribution >= 4 is 32.6 Å². The first-order chi connectivity index (χ1) is 23.3. The van der Waals surface area contributed by atoms with Crippen molar-refractivity contribution in [2.75, 3.05) is 0 Å². The maximum absolute atomic E-state index is 5.10. The summed E-state index contributed by atoms with van der Waals surface area (Å²) in [6, 6.07) is 52.2. The van der Waals surface area contributed by atoms with Gasteiger partial charge in [-0.15, -0.1) is 0 Å². The summed E-state index contributed by atoms with van der Waals surface area (Å²) in [5, 5.41) is 4.74. The van der Waals surface area contributed by atoms with E-state index in [1.54, 1.807) is 0 Å². The second-order valence-corrected chi connectivity index (χ2v) is 11.5. The Balaban J connectivity index is 1.05. The van der Waals surface area contributed by atoms with E-state index >= 15 is 0 Å². The van der Waals surface area contributed by atoms with Gasteiger partial charge in [-0.05, 0) is 70.4 Å². The first kappa shape index (κ1) is 26.9. The highest BCUT2D eigenvalue weighted by molar-refractivity contribution is 6.08. The Bertz CT molecular complexity index is 2520. The van der Waals surface area contributed by atoms with Crippen molar-refractivity contribution in [3.8, 4) is 51.0 Å². The van der Waals surface area contributed by atoms with Gasteiger partial charge >= 0.3 is 0 Å². The van der Waals surface area contributed by atoms with Crippen molar-refractivity contribution in [1.29, 1.82) is 0 Å². The second kappa shape index (κ2) is 11.2. The van der Waals surface area contributed by atoms with Gasteiger partial charge in [0.2, 0.25) is 0 Å². The zero-order chi connectivity index (χ0) is 31.2. The van der Waals surface area contributed by atoms with Crippen LogP contribution >= 0.6 is 0 Å². The number of rotatable bonds is 5. The summed E-state index contributed by atoms with van der Waals surface area (Å²) in [6.07, 6.45) is 3.75. The van der Waals surface area contributed by atoms with Crippen LogP contribution in [-0.2, 0) is 0 Å². The topological polar surface area (TPSA) is 56.5 Å². The molecule has 0 spiro atoms. The fourth-order valence-corrected chi connectivity index (χ4v) is 6.51. The van der Waals surface area contributed by atoms with E-state index < -0.39 is 0 Å². The Morgan fingerprint density at radius 2 is 0.957 bits per heavy atom. The Hall–Kier alpha value is -6.46. The van der Waals surface area contributed by atoms with Crippen molar-refractivity contribution in [2.24, 2.45) is 0 Å². The predicted molar refractivity (Wildman–Crippen MR) is 191 cm³/mol. The van der Waals surface area contributed by atoms with E-state index in [0.29, 0.717) is 0 Å². The molecular formula is C42H27N5. The minimum absolute atomic E-state index is 0.790. The van der Waals surface area contributed by atoms with Crippen molar-refractivity contribution in [3.05, 3.63) is 164 Å². The average Bonchev–Trinajstić information content (AvgIpc) is 3.49. The van der Waals surface area contributed by atoms with E-state index in [1.165, 1.54) is 21.9 Å². The van der Waals surface area contributed by atoms with Crippen LogP contribution in [0.2, 0.25) is 0 Å². The number of para-hydroxylation sites is 1. The molecule has 0 fully saturated rings. The van der Waals surface area contributed by atoms with Crippen LogP contribution in [0.5, 0.6) is 0 Å². The first-order valence-electron chi connectivity index (χ1n) is 15.6. The minimum atomic E-state index is 0.790. The molecule has 5 heteroatoms. The molecular weight excluding hydrogens is 574 g/mol. The van der Waals surface area contributed by atoms with E-state index in [0.717, 1.165) is 61.7 Å². The van der Waals surface area contributed by atoms with Crippen LogP contribution in [0.1, 0.15) is 0 Å². The number of benzene rings is 4. The van der Waals surface area contributed by atoms with Gasteiger partial charge in [0, 0.05) is 28.7 Å². The molecule has 5 heterocycles. The molecule has 0 aliphatic rings. The molecule has 5 aromatic heterocycles. The van der Waals surface area contributed by atoms with Gasteiger partial charge in [-0.2, -0.15) is 0 Å². The van der Waals surface area contributed by atoms with Crippen molar-refractivity contribution in [1.82, 2.24) is 24.5 Å². The molecule has 0 aliphatic heterocycles. The monoisotopic (exact) mass is 601 g/mol. The lowest BCUT2D eigenvalue weighted by Gasteiger charge is -2.10. The SMILES string of the molecule is c1cc(-c2ccc(-c3cccc4ccccc34)cc2)nc(-c2cccc(-c3cccc(-n4c5ccccc5c5cnccc54)n3)n2)c1. The number of pyridine rings is 4. The predicted octanol–water partition coefficient (Wildman–Crippen LogP) is 10.2. The van der Waals surface area contributed by atoms with Crippen molar-refractivity contribution in [3.63, 3.8) is 0 Å².